The van der Waals surface area contributed by atoms with Crippen molar-refractivity contribution in [2.75, 3.05) is 31.3 Å². The molecule has 2 aliphatic rings. The lowest BCUT2D eigenvalue weighted by molar-refractivity contribution is -0.124. The molecule has 0 saturated heterocycles. The van der Waals surface area contributed by atoms with Crippen LogP contribution in [0.25, 0.3) is 0 Å². The number of sulfonamides is 1. The van der Waals surface area contributed by atoms with Gasteiger partial charge >= 0.3 is 5.97 Å². The average Bonchev–Trinajstić information content (AvgIpc) is 3.38. The maximum absolute atomic E-state index is 12.7. The van der Waals surface area contributed by atoms with Crippen LogP contribution >= 0.6 is 0 Å². The van der Waals surface area contributed by atoms with Gasteiger partial charge in [-0.25, -0.2) is 13.2 Å². The molecule has 0 bridgehead atoms. The molecule has 12 heteroatoms. The standard InChI is InChI=1S/C25H22N2O9S/c28-24(26-13-16-1-7-21-22(11-16)36-15-35-21)14-34-25(29)17-2-4-18(5-3-17)27-37(30,31)19-6-8-20-23(12-19)33-10-9-32-20/h1-8,11-12,27H,9-10,13-15H2,(H,26,28). The summed E-state index contributed by atoms with van der Waals surface area (Å²) in [6.07, 6.45) is 0. The molecule has 0 unspecified atom stereocenters. The molecule has 2 N–H and O–H groups in total. The van der Waals surface area contributed by atoms with Crippen LogP contribution in [-0.2, 0) is 26.1 Å². The monoisotopic (exact) mass is 526 g/mol. The van der Waals surface area contributed by atoms with Crippen molar-refractivity contribution >= 4 is 27.6 Å². The first-order chi connectivity index (χ1) is 17.9. The number of amides is 1. The van der Waals surface area contributed by atoms with Crippen molar-refractivity contribution in [1.82, 2.24) is 5.32 Å². The number of anilines is 1. The van der Waals surface area contributed by atoms with E-state index in [-0.39, 0.29) is 29.5 Å². The molecular formula is C25H22N2O9S. The van der Waals surface area contributed by atoms with Gasteiger partial charge < -0.3 is 29.0 Å². The molecule has 3 aromatic rings. The van der Waals surface area contributed by atoms with Crippen LogP contribution in [0.5, 0.6) is 23.0 Å². The number of carbonyl (C=O) groups is 2. The second-order valence-corrected chi connectivity index (χ2v) is 9.71. The fourth-order valence-electron chi connectivity index (χ4n) is 3.60. The van der Waals surface area contributed by atoms with Crippen molar-refractivity contribution in [3.63, 3.8) is 0 Å². The summed E-state index contributed by atoms with van der Waals surface area (Å²) < 4.78 is 54.4. The molecule has 0 atom stereocenters. The average molecular weight is 527 g/mol. The molecule has 1 amide bonds. The largest absolute Gasteiger partial charge is 0.486 e. The van der Waals surface area contributed by atoms with Crippen LogP contribution in [-0.4, -0.2) is 46.9 Å². The molecule has 2 heterocycles. The zero-order valence-electron chi connectivity index (χ0n) is 19.4. The molecule has 0 aliphatic carbocycles. The number of carbonyl (C=O) groups excluding carboxylic acids is 2. The molecule has 11 nitrogen and oxygen atoms in total. The summed E-state index contributed by atoms with van der Waals surface area (Å²) in [5.41, 5.74) is 1.21. The second kappa shape index (κ2) is 10.3. The third-order valence-electron chi connectivity index (χ3n) is 5.46. The van der Waals surface area contributed by atoms with Crippen molar-refractivity contribution in [2.24, 2.45) is 0 Å². The van der Waals surface area contributed by atoms with Gasteiger partial charge in [0, 0.05) is 18.3 Å². The highest BCUT2D eigenvalue weighted by atomic mass is 32.2. The fraction of sp³-hybridized carbons (Fsp3) is 0.200. The Labute approximate surface area is 212 Å². The zero-order chi connectivity index (χ0) is 25.8. The maximum Gasteiger partial charge on any atom is 0.338 e. The second-order valence-electron chi connectivity index (χ2n) is 8.03. The summed E-state index contributed by atoms with van der Waals surface area (Å²) in [5, 5.41) is 2.66. The number of rotatable bonds is 8. The van der Waals surface area contributed by atoms with E-state index >= 15 is 0 Å². The van der Waals surface area contributed by atoms with Gasteiger partial charge in [0.05, 0.1) is 10.5 Å². The number of nitrogens with one attached hydrogen (secondary N) is 2. The van der Waals surface area contributed by atoms with Gasteiger partial charge in [0.2, 0.25) is 6.79 Å². The Kier molecular flexibility index (Phi) is 6.73. The molecule has 37 heavy (non-hydrogen) atoms. The van der Waals surface area contributed by atoms with Crippen LogP contribution in [0.2, 0.25) is 0 Å². The van der Waals surface area contributed by atoms with E-state index in [9.17, 15) is 18.0 Å². The number of benzene rings is 3. The van der Waals surface area contributed by atoms with Crippen LogP contribution in [0, 0.1) is 0 Å². The highest BCUT2D eigenvalue weighted by molar-refractivity contribution is 7.92. The van der Waals surface area contributed by atoms with Gasteiger partial charge in [-0.05, 0) is 54.1 Å². The first kappa shape index (κ1) is 24.3. The van der Waals surface area contributed by atoms with Gasteiger partial charge in [-0.2, -0.15) is 0 Å². The first-order valence-corrected chi connectivity index (χ1v) is 12.7. The lowest BCUT2D eigenvalue weighted by atomic mass is 10.2. The molecule has 192 valence electrons. The SMILES string of the molecule is O=C(COC(=O)c1ccc(NS(=O)(=O)c2ccc3c(c2)OCCO3)cc1)NCc1ccc2c(c1)OCO2. The topological polar surface area (TPSA) is 138 Å². The molecular weight excluding hydrogens is 504 g/mol. The van der Waals surface area contributed by atoms with Crippen LogP contribution in [0.4, 0.5) is 5.69 Å². The summed E-state index contributed by atoms with van der Waals surface area (Å²) in [5.74, 6) is 0.887. The van der Waals surface area contributed by atoms with Gasteiger partial charge in [0.1, 0.15) is 13.2 Å². The summed E-state index contributed by atoms with van der Waals surface area (Å²) in [6.45, 7) is 0.655. The molecule has 5 rings (SSSR count). The molecule has 2 aliphatic heterocycles. The summed E-state index contributed by atoms with van der Waals surface area (Å²) >= 11 is 0. The summed E-state index contributed by atoms with van der Waals surface area (Å²) in [4.78, 5) is 24.4. The number of fused-ring (bicyclic) bond motifs is 2. The Morgan fingerprint density at radius 3 is 2.30 bits per heavy atom. The Balaban J connectivity index is 1.12. The van der Waals surface area contributed by atoms with Crippen molar-refractivity contribution < 1.29 is 41.7 Å². The van der Waals surface area contributed by atoms with Gasteiger partial charge in [-0.15, -0.1) is 0 Å². The van der Waals surface area contributed by atoms with Crippen molar-refractivity contribution in [3.05, 3.63) is 71.8 Å². The van der Waals surface area contributed by atoms with E-state index in [2.05, 4.69) is 10.0 Å². The van der Waals surface area contributed by atoms with Crippen molar-refractivity contribution in [2.45, 2.75) is 11.4 Å². The molecule has 0 fully saturated rings. The maximum atomic E-state index is 12.7. The highest BCUT2D eigenvalue weighted by Crippen LogP contribution is 2.33. The van der Waals surface area contributed by atoms with Gasteiger partial charge in [0.15, 0.2) is 29.6 Å². The minimum atomic E-state index is -3.90. The number of esters is 1. The highest BCUT2D eigenvalue weighted by Gasteiger charge is 2.20. The molecule has 0 spiro atoms. The van der Waals surface area contributed by atoms with E-state index in [0.29, 0.717) is 36.2 Å². The predicted octanol–water partition coefficient (Wildman–Crippen LogP) is 2.46. The number of hydrogen-bond acceptors (Lipinski definition) is 9. The minimum absolute atomic E-state index is 0.00648. The zero-order valence-corrected chi connectivity index (χ0v) is 20.2. The Morgan fingerprint density at radius 2 is 1.49 bits per heavy atom. The Hall–Kier alpha value is -4.45. The van der Waals surface area contributed by atoms with E-state index in [4.69, 9.17) is 23.7 Å². The first-order valence-electron chi connectivity index (χ1n) is 11.2. The quantitative estimate of drug-likeness (QED) is 0.424. The van der Waals surface area contributed by atoms with Gasteiger partial charge in [-0.1, -0.05) is 6.07 Å². The molecule has 0 saturated carbocycles. The fourth-order valence-corrected chi connectivity index (χ4v) is 4.67. The Bertz CT molecular complexity index is 1440. The normalized spacial score (nSPS) is 13.5. The van der Waals surface area contributed by atoms with E-state index in [1.165, 1.54) is 42.5 Å². The van der Waals surface area contributed by atoms with E-state index in [1.807, 2.05) is 0 Å². The third-order valence-corrected chi connectivity index (χ3v) is 6.84. The van der Waals surface area contributed by atoms with E-state index in [0.717, 1.165) is 5.56 Å². The Morgan fingerprint density at radius 1 is 0.811 bits per heavy atom. The lowest BCUT2D eigenvalue weighted by Crippen LogP contribution is -2.28. The van der Waals surface area contributed by atoms with Gasteiger partial charge in [-0.3, -0.25) is 9.52 Å². The summed E-state index contributed by atoms with van der Waals surface area (Å²) in [7, 11) is -3.90. The van der Waals surface area contributed by atoms with E-state index in [1.54, 1.807) is 18.2 Å². The lowest BCUT2D eigenvalue weighted by Gasteiger charge is -2.19. The van der Waals surface area contributed by atoms with Crippen LogP contribution < -0.4 is 29.0 Å². The molecule has 0 radical (unpaired) electrons. The number of hydrogen-bond donors (Lipinski definition) is 2. The molecule has 0 aromatic heterocycles. The predicted molar refractivity (Wildman–Crippen MR) is 129 cm³/mol. The van der Waals surface area contributed by atoms with Gasteiger partial charge in [0.25, 0.3) is 15.9 Å². The molecule has 3 aromatic carbocycles. The minimum Gasteiger partial charge on any atom is -0.486 e. The third kappa shape index (κ3) is 5.70. The number of ether oxygens (including phenoxy) is 5. The van der Waals surface area contributed by atoms with Crippen LogP contribution in [0.1, 0.15) is 15.9 Å². The van der Waals surface area contributed by atoms with Crippen molar-refractivity contribution in [1.29, 1.82) is 0 Å². The van der Waals surface area contributed by atoms with E-state index < -0.39 is 28.5 Å². The van der Waals surface area contributed by atoms with Crippen LogP contribution in [0.3, 0.4) is 0 Å². The summed E-state index contributed by atoms with van der Waals surface area (Å²) in [6, 6.07) is 15.3. The smallest absolute Gasteiger partial charge is 0.338 e. The van der Waals surface area contributed by atoms with Crippen molar-refractivity contribution in [3.8, 4) is 23.0 Å². The van der Waals surface area contributed by atoms with Crippen LogP contribution in [0.15, 0.2) is 65.6 Å².